The van der Waals surface area contributed by atoms with Gasteiger partial charge in [0, 0.05) is 0 Å². The van der Waals surface area contributed by atoms with Crippen molar-refractivity contribution in [3.05, 3.63) is 58.0 Å². The van der Waals surface area contributed by atoms with E-state index in [9.17, 15) is 4.39 Å². The summed E-state index contributed by atoms with van der Waals surface area (Å²) in [7, 11) is 0. The molecule has 0 fully saturated rings. The number of thiophene rings is 1. The highest BCUT2D eigenvalue weighted by molar-refractivity contribution is 7.08. The Morgan fingerprint density at radius 3 is 2.29 bits per heavy atom. The van der Waals surface area contributed by atoms with Crippen molar-refractivity contribution in [3.63, 3.8) is 0 Å². The van der Waals surface area contributed by atoms with E-state index in [1.165, 1.54) is 17.7 Å². The third-order valence-corrected chi connectivity index (χ3v) is 2.58. The van der Waals surface area contributed by atoms with Gasteiger partial charge in [-0.1, -0.05) is 24.3 Å². The summed E-state index contributed by atoms with van der Waals surface area (Å²) in [4.78, 5) is 0. The molecule has 0 aliphatic carbocycles. The van der Waals surface area contributed by atoms with Crippen molar-refractivity contribution >= 4 is 23.5 Å². The Balaban J connectivity index is 2.15. The Morgan fingerprint density at radius 1 is 0.929 bits per heavy atom. The summed E-state index contributed by atoms with van der Waals surface area (Å²) in [5.74, 6) is -0.197. The molecule has 0 amide bonds. The fourth-order valence-electron chi connectivity index (χ4n) is 1.14. The first kappa shape index (κ1) is 9.16. The quantitative estimate of drug-likeness (QED) is 0.692. The largest absolute Gasteiger partial charge is 0.207 e. The minimum atomic E-state index is -0.197. The maximum Gasteiger partial charge on any atom is 0.123 e. The molecule has 14 heavy (non-hydrogen) atoms. The lowest BCUT2D eigenvalue weighted by Gasteiger charge is -1.91. The molecule has 0 N–H and O–H groups in total. The lowest BCUT2D eigenvalue weighted by atomic mass is 10.2. The molecule has 70 valence electrons. The van der Waals surface area contributed by atoms with Gasteiger partial charge in [0.1, 0.15) is 5.82 Å². The minimum Gasteiger partial charge on any atom is -0.207 e. The van der Waals surface area contributed by atoms with Crippen molar-refractivity contribution < 1.29 is 4.39 Å². The van der Waals surface area contributed by atoms with Crippen LogP contribution in [-0.4, -0.2) is 0 Å². The van der Waals surface area contributed by atoms with Crippen LogP contribution in [0.15, 0.2) is 41.1 Å². The Labute approximate surface area is 86.3 Å². The van der Waals surface area contributed by atoms with Gasteiger partial charge in [-0.3, -0.25) is 0 Å². The maximum atomic E-state index is 12.6. The predicted octanol–water partition coefficient (Wildman–Crippen LogP) is 4.06. The molecular formula is C12H9FS. The van der Waals surface area contributed by atoms with Gasteiger partial charge >= 0.3 is 0 Å². The molecule has 0 aliphatic rings. The van der Waals surface area contributed by atoms with Crippen LogP contribution in [-0.2, 0) is 0 Å². The summed E-state index contributed by atoms with van der Waals surface area (Å²) in [6.07, 6.45) is 3.99. The van der Waals surface area contributed by atoms with E-state index < -0.39 is 0 Å². The van der Waals surface area contributed by atoms with Crippen LogP contribution >= 0.6 is 11.3 Å². The minimum absolute atomic E-state index is 0.197. The molecule has 1 heterocycles. The first-order chi connectivity index (χ1) is 6.84. The Bertz CT molecular complexity index is 412. The van der Waals surface area contributed by atoms with Crippen LogP contribution in [0.3, 0.4) is 0 Å². The zero-order valence-electron chi connectivity index (χ0n) is 7.48. The van der Waals surface area contributed by atoms with Crippen LogP contribution in [0.25, 0.3) is 12.2 Å². The number of halogens is 1. The summed E-state index contributed by atoms with van der Waals surface area (Å²) in [5.41, 5.74) is 2.19. The standard InChI is InChI=1S/C12H9FS/c13-12-5-3-10(4-6-12)1-2-11-7-8-14-9-11/h1-9H/b2-1+. The molecule has 0 atom stereocenters. The molecular weight excluding hydrogens is 195 g/mol. The van der Waals surface area contributed by atoms with Gasteiger partial charge in [0.25, 0.3) is 0 Å². The van der Waals surface area contributed by atoms with Gasteiger partial charge in [-0.25, -0.2) is 4.39 Å². The summed E-state index contributed by atoms with van der Waals surface area (Å²) < 4.78 is 12.6. The summed E-state index contributed by atoms with van der Waals surface area (Å²) >= 11 is 1.67. The molecule has 0 radical (unpaired) electrons. The molecule has 1 aromatic heterocycles. The Hall–Kier alpha value is -1.41. The second-order valence-corrected chi connectivity index (χ2v) is 3.72. The SMILES string of the molecule is Fc1ccc(/C=C/c2ccsc2)cc1. The van der Waals surface area contributed by atoms with E-state index in [2.05, 4.69) is 5.38 Å². The van der Waals surface area contributed by atoms with Crippen LogP contribution in [0, 0.1) is 5.82 Å². The van der Waals surface area contributed by atoms with Gasteiger partial charge in [-0.15, -0.1) is 0 Å². The molecule has 2 rings (SSSR count). The van der Waals surface area contributed by atoms with E-state index in [0.29, 0.717) is 0 Å². The maximum absolute atomic E-state index is 12.6. The molecule has 0 aliphatic heterocycles. The van der Waals surface area contributed by atoms with E-state index in [1.54, 1.807) is 23.5 Å². The van der Waals surface area contributed by atoms with Crippen molar-refractivity contribution in [2.45, 2.75) is 0 Å². The van der Waals surface area contributed by atoms with Crippen molar-refractivity contribution in [3.8, 4) is 0 Å². The lowest BCUT2D eigenvalue weighted by molar-refractivity contribution is 0.628. The zero-order chi connectivity index (χ0) is 9.80. The first-order valence-electron chi connectivity index (χ1n) is 4.30. The lowest BCUT2D eigenvalue weighted by Crippen LogP contribution is -1.73. The molecule has 0 saturated heterocycles. The Morgan fingerprint density at radius 2 is 1.64 bits per heavy atom. The highest BCUT2D eigenvalue weighted by Gasteiger charge is 1.89. The molecule has 0 nitrogen and oxygen atoms in total. The molecule has 2 heteroatoms. The van der Waals surface area contributed by atoms with Crippen molar-refractivity contribution in [1.82, 2.24) is 0 Å². The van der Waals surface area contributed by atoms with Gasteiger partial charge in [0.05, 0.1) is 0 Å². The van der Waals surface area contributed by atoms with E-state index in [1.807, 2.05) is 23.6 Å². The van der Waals surface area contributed by atoms with Crippen LogP contribution in [0.2, 0.25) is 0 Å². The summed E-state index contributed by atoms with van der Waals surface area (Å²) in [6, 6.07) is 8.50. The number of rotatable bonds is 2. The monoisotopic (exact) mass is 204 g/mol. The number of hydrogen-bond donors (Lipinski definition) is 0. The molecule has 1 aromatic carbocycles. The van der Waals surface area contributed by atoms with E-state index in [-0.39, 0.29) is 5.82 Å². The normalized spacial score (nSPS) is 10.9. The molecule has 0 bridgehead atoms. The third kappa shape index (κ3) is 2.30. The summed E-state index contributed by atoms with van der Waals surface area (Å²) in [6.45, 7) is 0. The van der Waals surface area contributed by atoms with Crippen LogP contribution in [0.5, 0.6) is 0 Å². The average Bonchev–Trinajstić information content (AvgIpc) is 2.70. The summed E-state index contributed by atoms with van der Waals surface area (Å²) in [5, 5.41) is 4.10. The number of benzene rings is 1. The van der Waals surface area contributed by atoms with E-state index in [0.717, 1.165) is 5.56 Å². The second kappa shape index (κ2) is 4.20. The van der Waals surface area contributed by atoms with Crippen molar-refractivity contribution in [2.75, 3.05) is 0 Å². The first-order valence-corrected chi connectivity index (χ1v) is 5.25. The van der Waals surface area contributed by atoms with Gasteiger partial charge in [0.15, 0.2) is 0 Å². The fraction of sp³-hybridized carbons (Fsp3) is 0. The van der Waals surface area contributed by atoms with Gasteiger partial charge in [-0.05, 0) is 40.1 Å². The van der Waals surface area contributed by atoms with Crippen molar-refractivity contribution in [2.24, 2.45) is 0 Å². The van der Waals surface area contributed by atoms with Crippen LogP contribution in [0.1, 0.15) is 11.1 Å². The third-order valence-electron chi connectivity index (χ3n) is 1.88. The van der Waals surface area contributed by atoms with Gasteiger partial charge in [-0.2, -0.15) is 11.3 Å². The molecule has 0 spiro atoms. The average molecular weight is 204 g/mol. The zero-order valence-corrected chi connectivity index (χ0v) is 8.30. The van der Waals surface area contributed by atoms with E-state index in [4.69, 9.17) is 0 Å². The van der Waals surface area contributed by atoms with Gasteiger partial charge < -0.3 is 0 Å². The highest BCUT2D eigenvalue weighted by Crippen LogP contribution is 2.11. The highest BCUT2D eigenvalue weighted by atomic mass is 32.1. The topological polar surface area (TPSA) is 0 Å². The second-order valence-electron chi connectivity index (χ2n) is 2.94. The van der Waals surface area contributed by atoms with E-state index >= 15 is 0 Å². The van der Waals surface area contributed by atoms with Gasteiger partial charge in [0.2, 0.25) is 0 Å². The van der Waals surface area contributed by atoms with Crippen molar-refractivity contribution in [1.29, 1.82) is 0 Å². The fourth-order valence-corrected chi connectivity index (χ4v) is 1.76. The Kier molecular flexibility index (Phi) is 2.75. The predicted molar refractivity (Wildman–Crippen MR) is 59.6 cm³/mol. The molecule has 0 unspecified atom stereocenters. The molecule has 0 saturated carbocycles. The van der Waals surface area contributed by atoms with Crippen LogP contribution < -0.4 is 0 Å². The number of hydrogen-bond acceptors (Lipinski definition) is 1. The smallest absolute Gasteiger partial charge is 0.123 e. The molecule has 2 aromatic rings. The van der Waals surface area contributed by atoms with Crippen LogP contribution in [0.4, 0.5) is 4.39 Å².